The predicted octanol–water partition coefficient (Wildman–Crippen LogP) is 4.31. The maximum Gasteiger partial charge on any atom is 0.0727 e. The van der Waals surface area contributed by atoms with Crippen molar-refractivity contribution >= 4 is 0 Å². The topological polar surface area (TPSA) is 3.24 Å². The van der Waals surface area contributed by atoms with Gasteiger partial charge in [-0.2, -0.15) is 0 Å². The molecule has 1 nitrogen and oxygen atoms in total. The van der Waals surface area contributed by atoms with Gasteiger partial charge in [-0.15, -0.1) is 0 Å². The van der Waals surface area contributed by atoms with Gasteiger partial charge in [0, 0.05) is 12.7 Å². The lowest BCUT2D eigenvalue weighted by Crippen LogP contribution is -2.23. The van der Waals surface area contributed by atoms with Crippen molar-refractivity contribution in [1.82, 2.24) is 4.90 Å². The van der Waals surface area contributed by atoms with Crippen molar-refractivity contribution < 1.29 is 0 Å². The SMILES string of the molecule is C1=CC(c2ccccc2)N(Cc2ccccc2)C=C1. The quantitative estimate of drug-likeness (QED) is 0.781. The maximum absolute atomic E-state index is 2.37. The monoisotopic (exact) mass is 247 g/mol. The maximum atomic E-state index is 2.37. The third-order valence-electron chi connectivity index (χ3n) is 3.39. The van der Waals surface area contributed by atoms with Gasteiger partial charge in [-0.1, -0.05) is 72.8 Å². The zero-order chi connectivity index (χ0) is 12.9. The van der Waals surface area contributed by atoms with Crippen LogP contribution in [-0.2, 0) is 6.54 Å². The second kappa shape index (κ2) is 5.57. The molecule has 0 radical (unpaired) electrons. The van der Waals surface area contributed by atoms with Gasteiger partial charge in [0.1, 0.15) is 0 Å². The molecule has 1 aliphatic rings. The minimum absolute atomic E-state index is 0.325. The molecule has 0 spiro atoms. The van der Waals surface area contributed by atoms with Crippen LogP contribution in [0.4, 0.5) is 0 Å². The van der Waals surface area contributed by atoms with Gasteiger partial charge in [0.15, 0.2) is 0 Å². The Hall–Kier alpha value is -2.28. The van der Waals surface area contributed by atoms with E-state index in [-0.39, 0.29) is 0 Å². The third-order valence-corrected chi connectivity index (χ3v) is 3.39. The Morgan fingerprint density at radius 1 is 0.789 bits per heavy atom. The van der Waals surface area contributed by atoms with Crippen LogP contribution in [0.5, 0.6) is 0 Å². The van der Waals surface area contributed by atoms with E-state index in [0.717, 1.165) is 6.54 Å². The highest BCUT2D eigenvalue weighted by molar-refractivity contribution is 5.28. The standard InChI is InChI=1S/C18H17N/c1-3-9-16(10-4-1)15-19-14-8-7-13-18(19)17-11-5-2-6-12-17/h1-14,18H,15H2. The van der Waals surface area contributed by atoms with Crippen LogP contribution in [0.1, 0.15) is 17.2 Å². The second-order valence-corrected chi connectivity index (χ2v) is 4.74. The summed E-state index contributed by atoms with van der Waals surface area (Å²) in [6.07, 6.45) is 8.64. The van der Waals surface area contributed by atoms with E-state index in [1.807, 2.05) is 0 Å². The summed E-state index contributed by atoms with van der Waals surface area (Å²) in [6, 6.07) is 21.6. The van der Waals surface area contributed by atoms with Crippen LogP contribution in [0.3, 0.4) is 0 Å². The molecule has 0 saturated carbocycles. The molecule has 3 rings (SSSR count). The minimum Gasteiger partial charge on any atom is -0.363 e. The van der Waals surface area contributed by atoms with Gasteiger partial charge >= 0.3 is 0 Å². The molecule has 1 heterocycles. The molecule has 0 N–H and O–H groups in total. The largest absolute Gasteiger partial charge is 0.363 e. The van der Waals surface area contributed by atoms with Crippen LogP contribution in [0.25, 0.3) is 0 Å². The van der Waals surface area contributed by atoms with Crippen LogP contribution < -0.4 is 0 Å². The van der Waals surface area contributed by atoms with E-state index >= 15 is 0 Å². The van der Waals surface area contributed by atoms with Crippen LogP contribution >= 0.6 is 0 Å². The number of benzene rings is 2. The highest BCUT2D eigenvalue weighted by Crippen LogP contribution is 2.26. The Bertz CT molecular complexity index is 569. The third kappa shape index (κ3) is 2.76. The number of rotatable bonds is 3. The molecule has 0 amide bonds. The Labute approximate surface area is 114 Å². The van der Waals surface area contributed by atoms with Crippen molar-refractivity contribution in [3.05, 3.63) is 96.2 Å². The molecule has 0 aliphatic carbocycles. The summed E-state index contributed by atoms with van der Waals surface area (Å²) >= 11 is 0. The summed E-state index contributed by atoms with van der Waals surface area (Å²) in [4.78, 5) is 2.37. The Kier molecular flexibility index (Phi) is 3.46. The van der Waals surface area contributed by atoms with Crippen LogP contribution in [0.2, 0.25) is 0 Å². The number of nitrogens with zero attached hydrogens (tertiary/aromatic N) is 1. The molecule has 2 aromatic rings. The van der Waals surface area contributed by atoms with E-state index in [9.17, 15) is 0 Å². The molecule has 1 atom stereocenters. The van der Waals surface area contributed by atoms with E-state index in [1.165, 1.54) is 11.1 Å². The van der Waals surface area contributed by atoms with E-state index in [0.29, 0.717) is 6.04 Å². The first kappa shape index (κ1) is 11.8. The van der Waals surface area contributed by atoms with Crippen LogP contribution in [-0.4, -0.2) is 4.90 Å². The molecule has 2 aromatic carbocycles. The smallest absolute Gasteiger partial charge is 0.0727 e. The van der Waals surface area contributed by atoms with Crippen LogP contribution in [0.15, 0.2) is 85.1 Å². The lowest BCUT2D eigenvalue weighted by molar-refractivity contribution is 0.313. The minimum atomic E-state index is 0.325. The molecule has 1 aliphatic heterocycles. The summed E-state index contributed by atoms with van der Waals surface area (Å²) in [5.74, 6) is 0. The summed E-state index contributed by atoms with van der Waals surface area (Å²) in [7, 11) is 0. The van der Waals surface area contributed by atoms with Gasteiger partial charge in [0.05, 0.1) is 6.04 Å². The van der Waals surface area contributed by atoms with Crippen molar-refractivity contribution in [2.75, 3.05) is 0 Å². The molecule has 94 valence electrons. The van der Waals surface area contributed by atoms with Gasteiger partial charge in [0.2, 0.25) is 0 Å². The van der Waals surface area contributed by atoms with Gasteiger partial charge in [-0.25, -0.2) is 0 Å². The van der Waals surface area contributed by atoms with Crippen molar-refractivity contribution in [2.24, 2.45) is 0 Å². The first-order valence-electron chi connectivity index (χ1n) is 6.63. The Morgan fingerprint density at radius 2 is 1.47 bits per heavy atom. The van der Waals surface area contributed by atoms with Crippen molar-refractivity contribution in [3.63, 3.8) is 0 Å². The van der Waals surface area contributed by atoms with E-state index in [2.05, 4.69) is 90.0 Å². The lowest BCUT2D eigenvalue weighted by Gasteiger charge is -2.31. The van der Waals surface area contributed by atoms with Crippen molar-refractivity contribution in [1.29, 1.82) is 0 Å². The van der Waals surface area contributed by atoms with E-state index in [4.69, 9.17) is 0 Å². The van der Waals surface area contributed by atoms with Gasteiger partial charge in [0.25, 0.3) is 0 Å². The zero-order valence-electron chi connectivity index (χ0n) is 10.8. The lowest BCUT2D eigenvalue weighted by atomic mass is 10.0. The fraction of sp³-hybridized carbons (Fsp3) is 0.111. The average Bonchev–Trinajstić information content (AvgIpc) is 2.50. The summed E-state index contributed by atoms with van der Waals surface area (Å²) in [5.41, 5.74) is 2.67. The molecular weight excluding hydrogens is 230 g/mol. The molecule has 1 unspecified atom stereocenters. The van der Waals surface area contributed by atoms with E-state index < -0.39 is 0 Å². The summed E-state index contributed by atoms with van der Waals surface area (Å²) in [5, 5.41) is 0. The first-order valence-corrected chi connectivity index (χ1v) is 6.63. The molecule has 0 aromatic heterocycles. The fourth-order valence-electron chi connectivity index (χ4n) is 2.43. The van der Waals surface area contributed by atoms with E-state index in [1.54, 1.807) is 0 Å². The van der Waals surface area contributed by atoms with Gasteiger partial charge < -0.3 is 4.90 Å². The zero-order valence-corrected chi connectivity index (χ0v) is 10.8. The highest BCUT2D eigenvalue weighted by atomic mass is 15.1. The van der Waals surface area contributed by atoms with Crippen molar-refractivity contribution in [2.45, 2.75) is 12.6 Å². The number of hydrogen-bond acceptors (Lipinski definition) is 1. The fourth-order valence-corrected chi connectivity index (χ4v) is 2.43. The van der Waals surface area contributed by atoms with Gasteiger partial charge in [-0.05, 0) is 17.2 Å². The van der Waals surface area contributed by atoms with Gasteiger partial charge in [-0.3, -0.25) is 0 Å². The first-order chi connectivity index (χ1) is 9.43. The normalized spacial score (nSPS) is 17.7. The Morgan fingerprint density at radius 3 is 2.21 bits per heavy atom. The summed E-state index contributed by atoms with van der Waals surface area (Å²) < 4.78 is 0. The molecule has 0 bridgehead atoms. The van der Waals surface area contributed by atoms with Crippen molar-refractivity contribution in [3.8, 4) is 0 Å². The molecule has 0 fully saturated rings. The molecule has 0 saturated heterocycles. The average molecular weight is 247 g/mol. The van der Waals surface area contributed by atoms with Crippen LogP contribution in [0, 0.1) is 0 Å². The molecule has 1 heteroatoms. The number of hydrogen-bond donors (Lipinski definition) is 0. The second-order valence-electron chi connectivity index (χ2n) is 4.74. The number of allylic oxidation sites excluding steroid dienone is 2. The summed E-state index contributed by atoms with van der Waals surface area (Å²) in [6.45, 7) is 0.932. The highest BCUT2D eigenvalue weighted by Gasteiger charge is 2.16. The predicted molar refractivity (Wildman–Crippen MR) is 79.4 cm³/mol. The Balaban J connectivity index is 1.83. The molecular formula is C18H17N. The molecule has 19 heavy (non-hydrogen) atoms.